The summed E-state index contributed by atoms with van der Waals surface area (Å²) in [5.74, 6) is 3.03. The summed E-state index contributed by atoms with van der Waals surface area (Å²) in [5.41, 5.74) is 0.956. The first-order valence-electron chi connectivity index (χ1n) is 5.76. The lowest BCUT2D eigenvalue weighted by molar-refractivity contribution is 0.173. The van der Waals surface area contributed by atoms with Gasteiger partial charge in [-0.05, 0) is 29.9 Å². The maximum atomic E-state index is 9.62. The van der Waals surface area contributed by atoms with Gasteiger partial charge in [0, 0.05) is 5.75 Å². The third-order valence-electron chi connectivity index (χ3n) is 2.35. The van der Waals surface area contributed by atoms with E-state index in [9.17, 15) is 5.11 Å². The maximum Gasteiger partial charge on any atom is 0.119 e. The average Bonchev–Trinajstić information content (AvgIpc) is 2.34. The topological polar surface area (TPSA) is 29.5 Å². The van der Waals surface area contributed by atoms with Gasteiger partial charge in [-0.1, -0.05) is 26.0 Å². The first-order valence-corrected chi connectivity index (χ1v) is 6.92. The molecule has 0 saturated carbocycles. The van der Waals surface area contributed by atoms with Gasteiger partial charge in [-0.3, -0.25) is 0 Å². The first kappa shape index (κ1) is 13.4. The van der Waals surface area contributed by atoms with Crippen LogP contribution in [0.3, 0.4) is 0 Å². The van der Waals surface area contributed by atoms with Crippen molar-refractivity contribution in [1.82, 2.24) is 0 Å². The number of aliphatic hydroxyl groups is 1. The number of aliphatic hydroxyl groups excluding tert-OH is 1. The Morgan fingerprint density at radius 2 is 1.94 bits per heavy atom. The fourth-order valence-corrected chi connectivity index (χ4v) is 1.87. The molecule has 1 atom stereocenters. The molecule has 3 heteroatoms. The van der Waals surface area contributed by atoms with Crippen LogP contribution in [0.4, 0.5) is 0 Å². The van der Waals surface area contributed by atoms with Gasteiger partial charge in [-0.15, -0.1) is 0 Å². The van der Waals surface area contributed by atoms with Crippen LogP contribution in [0, 0.1) is 0 Å². The summed E-state index contributed by atoms with van der Waals surface area (Å²) >= 11 is 1.87. The van der Waals surface area contributed by atoms with E-state index in [0.29, 0.717) is 0 Å². The Hall–Kier alpha value is -0.670. The molecule has 16 heavy (non-hydrogen) atoms. The first-order chi connectivity index (χ1) is 7.77. The van der Waals surface area contributed by atoms with Crippen LogP contribution >= 0.6 is 11.8 Å². The number of hydrogen-bond acceptors (Lipinski definition) is 3. The summed E-state index contributed by atoms with van der Waals surface area (Å²) in [7, 11) is 0. The quantitative estimate of drug-likeness (QED) is 0.742. The molecule has 0 fully saturated rings. The summed E-state index contributed by atoms with van der Waals surface area (Å²) < 4.78 is 5.57. The Morgan fingerprint density at radius 1 is 1.25 bits per heavy atom. The van der Waals surface area contributed by atoms with Crippen molar-refractivity contribution in [3.63, 3.8) is 0 Å². The predicted octanol–water partition coefficient (Wildman–Crippen LogP) is 3.26. The zero-order chi connectivity index (χ0) is 11.8. The summed E-state index contributed by atoms with van der Waals surface area (Å²) in [6.07, 6.45) is 0.387. The van der Waals surface area contributed by atoms with Crippen molar-refractivity contribution < 1.29 is 9.84 Å². The van der Waals surface area contributed by atoms with Crippen LogP contribution in [0.2, 0.25) is 0 Å². The van der Waals surface area contributed by atoms with Crippen molar-refractivity contribution in [3.8, 4) is 5.75 Å². The minimum Gasteiger partial charge on any atom is -0.493 e. The van der Waals surface area contributed by atoms with Crippen LogP contribution < -0.4 is 4.74 Å². The Bertz CT molecular complexity index is 284. The van der Waals surface area contributed by atoms with E-state index in [4.69, 9.17) is 4.74 Å². The molecule has 90 valence electrons. The third kappa shape index (κ3) is 4.45. The number of ether oxygens (including phenoxy) is 1. The summed E-state index contributed by atoms with van der Waals surface area (Å²) in [4.78, 5) is 0. The lowest BCUT2D eigenvalue weighted by Gasteiger charge is -2.09. The average molecular weight is 240 g/mol. The minimum absolute atomic E-state index is 0.357. The fourth-order valence-electron chi connectivity index (χ4n) is 1.38. The molecule has 0 heterocycles. The molecule has 0 radical (unpaired) electrons. The van der Waals surface area contributed by atoms with E-state index >= 15 is 0 Å². The molecule has 0 aliphatic carbocycles. The van der Waals surface area contributed by atoms with E-state index in [1.165, 1.54) is 0 Å². The largest absolute Gasteiger partial charge is 0.493 e. The molecular weight excluding hydrogens is 220 g/mol. The highest BCUT2D eigenvalue weighted by Crippen LogP contribution is 2.19. The van der Waals surface area contributed by atoms with E-state index < -0.39 is 0 Å². The molecule has 0 aromatic heterocycles. The molecule has 1 N–H and O–H groups in total. The fraction of sp³-hybridized carbons (Fsp3) is 0.538. The van der Waals surface area contributed by atoms with E-state index in [0.717, 1.165) is 35.8 Å². The highest BCUT2D eigenvalue weighted by Gasteiger charge is 2.03. The highest BCUT2D eigenvalue weighted by atomic mass is 32.2. The van der Waals surface area contributed by atoms with E-state index in [2.05, 4.69) is 6.92 Å². The molecule has 1 aromatic carbocycles. The van der Waals surface area contributed by atoms with Crippen LogP contribution in [0.15, 0.2) is 24.3 Å². The smallest absolute Gasteiger partial charge is 0.119 e. The second-order valence-corrected chi connectivity index (χ2v) is 4.93. The number of thioether (sulfide) groups is 1. The Labute approximate surface area is 102 Å². The second kappa shape index (κ2) is 7.58. The summed E-state index contributed by atoms with van der Waals surface area (Å²) in [6.45, 7) is 4.86. The summed E-state index contributed by atoms with van der Waals surface area (Å²) in [5, 5.41) is 9.62. The lowest BCUT2D eigenvalue weighted by atomic mass is 10.1. The van der Waals surface area contributed by atoms with Crippen molar-refractivity contribution in [2.24, 2.45) is 0 Å². The van der Waals surface area contributed by atoms with E-state index in [1.807, 2.05) is 43.0 Å². The molecule has 1 rings (SSSR count). The molecule has 0 amide bonds. The third-order valence-corrected chi connectivity index (χ3v) is 3.22. The van der Waals surface area contributed by atoms with Gasteiger partial charge in [-0.2, -0.15) is 11.8 Å². The predicted molar refractivity (Wildman–Crippen MR) is 70.2 cm³/mol. The summed E-state index contributed by atoms with van der Waals surface area (Å²) in [6, 6.07) is 7.70. The van der Waals surface area contributed by atoms with Gasteiger partial charge in [0.15, 0.2) is 0 Å². The van der Waals surface area contributed by atoms with Gasteiger partial charge in [0.1, 0.15) is 5.75 Å². The van der Waals surface area contributed by atoms with Gasteiger partial charge in [0.25, 0.3) is 0 Å². The molecule has 0 aliphatic rings. The SMILES string of the molecule is CCSCCOc1ccc([C@@H](O)CC)cc1. The van der Waals surface area contributed by atoms with Crippen LogP contribution in [0.25, 0.3) is 0 Å². The van der Waals surface area contributed by atoms with Crippen molar-refractivity contribution in [3.05, 3.63) is 29.8 Å². The molecular formula is C13H20O2S. The van der Waals surface area contributed by atoms with Gasteiger partial charge >= 0.3 is 0 Å². The maximum absolute atomic E-state index is 9.62. The van der Waals surface area contributed by atoms with Gasteiger partial charge in [-0.25, -0.2) is 0 Å². The van der Waals surface area contributed by atoms with Crippen molar-refractivity contribution >= 4 is 11.8 Å². The molecule has 2 nitrogen and oxygen atoms in total. The Morgan fingerprint density at radius 3 is 2.50 bits per heavy atom. The van der Waals surface area contributed by atoms with Gasteiger partial charge in [0.2, 0.25) is 0 Å². The highest BCUT2D eigenvalue weighted by molar-refractivity contribution is 7.99. The van der Waals surface area contributed by atoms with Crippen LogP contribution in [-0.2, 0) is 0 Å². The van der Waals surface area contributed by atoms with Crippen LogP contribution in [0.1, 0.15) is 31.9 Å². The van der Waals surface area contributed by atoms with Crippen LogP contribution in [0.5, 0.6) is 5.75 Å². The zero-order valence-corrected chi connectivity index (χ0v) is 10.8. The lowest BCUT2D eigenvalue weighted by Crippen LogP contribution is -2.01. The minimum atomic E-state index is -0.357. The molecule has 0 spiro atoms. The van der Waals surface area contributed by atoms with Gasteiger partial charge in [0.05, 0.1) is 12.7 Å². The molecule has 1 aromatic rings. The Balaban J connectivity index is 2.39. The molecule has 0 unspecified atom stereocenters. The van der Waals surface area contributed by atoms with E-state index in [1.54, 1.807) is 0 Å². The molecule has 0 saturated heterocycles. The Kier molecular flexibility index (Phi) is 6.34. The van der Waals surface area contributed by atoms with Crippen LogP contribution in [-0.4, -0.2) is 23.2 Å². The number of benzene rings is 1. The van der Waals surface area contributed by atoms with E-state index in [-0.39, 0.29) is 6.10 Å². The standard InChI is InChI=1S/C13H20O2S/c1-3-13(14)11-5-7-12(8-6-11)15-9-10-16-4-2/h5-8,13-14H,3-4,9-10H2,1-2H3/t13-/m0/s1. The molecule has 0 aliphatic heterocycles. The van der Waals surface area contributed by atoms with Crippen molar-refractivity contribution in [2.75, 3.05) is 18.1 Å². The van der Waals surface area contributed by atoms with Gasteiger partial charge < -0.3 is 9.84 Å². The van der Waals surface area contributed by atoms with Crippen molar-refractivity contribution in [1.29, 1.82) is 0 Å². The number of hydrogen-bond donors (Lipinski definition) is 1. The van der Waals surface area contributed by atoms with Crippen molar-refractivity contribution in [2.45, 2.75) is 26.4 Å². The zero-order valence-electron chi connectivity index (χ0n) is 9.98. The molecule has 0 bridgehead atoms. The monoisotopic (exact) mass is 240 g/mol. The second-order valence-electron chi connectivity index (χ2n) is 3.54. The number of rotatable bonds is 7. The normalized spacial score (nSPS) is 12.4.